The van der Waals surface area contributed by atoms with E-state index in [2.05, 4.69) is 53.4 Å². The van der Waals surface area contributed by atoms with Gasteiger partial charge in [-0.2, -0.15) is 0 Å². The van der Waals surface area contributed by atoms with Gasteiger partial charge < -0.3 is 5.32 Å². The molecule has 0 bridgehead atoms. The number of nitrogens with one attached hydrogen (secondary N) is 1. The van der Waals surface area contributed by atoms with E-state index in [1.165, 1.54) is 17.5 Å². The Morgan fingerprint density at radius 2 is 1.89 bits per heavy atom. The number of rotatable bonds is 5. The molecule has 0 aliphatic rings. The highest BCUT2D eigenvalue weighted by atomic mass is 35.5. The lowest BCUT2D eigenvalue weighted by Gasteiger charge is -2.11. The fourth-order valence-electron chi connectivity index (χ4n) is 1.91. The van der Waals surface area contributed by atoms with Crippen LogP contribution < -0.4 is 5.32 Å². The third kappa shape index (κ3) is 3.67. The molecule has 0 aliphatic heterocycles. The van der Waals surface area contributed by atoms with Gasteiger partial charge in [-0.05, 0) is 18.9 Å². The second kappa shape index (κ2) is 6.53. The maximum Gasteiger partial charge on any atom is 0.137 e. The Bertz CT molecular complexity index is 538. The van der Waals surface area contributed by atoms with E-state index < -0.39 is 0 Å². The smallest absolute Gasteiger partial charge is 0.137 e. The van der Waals surface area contributed by atoms with Gasteiger partial charge in [-0.15, -0.1) is 0 Å². The van der Waals surface area contributed by atoms with Crippen LogP contribution in [0.5, 0.6) is 0 Å². The average Bonchev–Trinajstić information content (AvgIpc) is 2.41. The molecule has 1 aromatic carbocycles. The molecular formula is C15H18ClN3. The predicted molar refractivity (Wildman–Crippen MR) is 79.5 cm³/mol. The highest BCUT2D eigenvalue weighted by Crippen LogP contribution is 2.21. The molecule has 3 nitrogen and oxygen atoms in total. The van der Waals surface area contributed by atoms with E-state index in [9.17, 15) is 0 Å². The first-order valence-corrected chi connectivity index (χ1v) is 6.87. The SMILES string of the molecule is CCCc1c(Cl)ncnc1NCc1ccc(C)cc1. The van der Waals surface area contributed by atoms with Crippen molar-refractivity contribution in [3.63, 3.8) is 0 Å². The molecule has 19 heavy (non-hydrogen) atoms. The molecule has 1 heterocycles. The summed E-state index contributed by atoms with van der Waals surface area (Å²) >= 11 is 6.12. The summed E-state index contributed by atoms with van der Waals surface area (Å²) in [7, 11) is 0. The molecule has 4 heteroatoms. The molecule has 0 atom stereocenters. The number of aryl methyl sites for hydroxylation is 1. The maximum atomic E-state index is 6.12. The predicted octanol–water partition coefficient (Wildman–Crippen LogP) is 4.00. The number of benzene rings is 1. The third-order valence-electron chi connectivity index (χ3n) is 2.97. The van der Waals surface area contributed by atoms with Crippen molar-refractivity contribution in [3.05, 3.63) is 52.4 Å². The first-order valence-electron chi connectivity index (χ1n) is 6.49. The van der Waals surface area contributed by atoms with Crippen molar-refractivity contribution in [1.82, 2.24) is 9.97 Å². The molecule has 0 saturated heterocycles. The van der Waals surface area contributed by atoms with Crippen molar-refractivity contribution in [2.45, 2.75) is 33.2 Å². The zero-order valence-corrected chi connectivity index (χ0v) is 12.0. The van der Waals surface area contributed by atoms with Crippen LogP contribution >= 0.6 is 11.6 Å². The zero-order valence-electron chi connectivity index (χ0n) is 11.3. The summed E-state index contributed by atoms with van der Waals surface area (Å²) < 4.78 is 0. The lowest BCUT2D eigenvalue weighted by Crippen LogP contribution is -2.06. The number of nitrogens with zero attached hydrogens (tertiary/aromatic N) is 2. The molecule has 0 unspecified atom stereocenters. The summed E-state index contributed by atoms with van der Waals surface area (Å²) in [5, 5.41) is 3.88. The fourth-order valence-corrected chi connectivity index (χ4v) is 2.13. The minimum absolute atomic E-state index is 0.545. The number of halogens is 1. The summed E-state index contributed by atoms with van der Waals surface area (Å²) in [5.74, 6) is 0.836. The summed E-state index contributed by atoms with van der Waals surface area (Å²) in [6, 6.07) is 8.45. The fraction of sp³-hybridized carbons (Fsp3) is 0.333. The molecular weight excluding hydrogens is 258 g/mol. The van der Waals surface area contributed by atoms with Crippen molar-refractivity contribution >= 4 is 17.4 Å². The molecule has 2 rings (SSSR count). The second-order valence-corrected chi connectivity index (χ2v) is 4.94. The Morgan fingerprint density at radius 1 is 1.16 bits per heavy atom. The normalized spacial score (nSPS) is 10.5. The molecule has 0 fully saturated rings. The average molecular weight is 276 g/mol. The van der Waals surface area contributed by atoms with Gasteiger partial charge in [0.05, 0.1) is 0 Å². The van der Waals surface area contributed by atoms with Gasteiger partial charge in [0.2, 0.25) is 0 Å². The van der Waals surface area contributed by atoms with Gasteiger partial charge >= 0.3 is 0 Å². The van der Waals surface area contributed by atoms with Crippen LogP contribution in [0.3, 0.4) is 0 Å². The van der Waals surface area contributed by atoms with Gasteiger partial charge in [0.25, 0.3) is 0 Å². The third-order valence-corrected chi connectivity index (χ3v) is 3.30. The van der Waals surface area contributed by atoms with Crippen molar-refractivity contribution in [3.8, 4) is 0 Å². The zero-order chi connectivity index (χ0) is 13.7. The number of hydrogen-bond acceptors (Lipinski definition) is 3. The van der Waals surface area contributed by atoms with Crippen LogP contribution in [0.4, 0.5) is 5.82 Å². The maximum absolute atomic E-state index is 6.12. The van der Waals surface area contributed by atoms with E-state index >= 15 is 0 Å². The molecule has 0 aliphatic carbocycles. The van der Waals surface area contributed by atoms with Crippen LogP contribution in [0.2, 0.25) is 5.15 Å². The summed E-state index contributed by atoms with van der Waals surface area (Å²) in [6.45, 7) is 4.94. The molecule has 0 spiro atoms. The Kier molecular flexibility index (Phi) is 4.74. The van der Waals surface area contributed by atoms with Crippen molar-refractivity contribution < 1.29 is 0 Å². The summed E-state index contributed by atoms with van der Waals surface area (Å²) in [5.41, 5.74) is 3.49. The van der Waals surface area contributed by atoms with Crippen molar-refractivity contribution in [2.75, 3.05) is 5.32 Å². The van der Waals surface area contributed by atoms with Gasteiger partial charge in [-0.25, -0.2) is 9.97 Å². The van der Waals surface area contributed by atoms with Crippen LogP contribution in [0.15, 0.2) is 30.6 Å². The van der Waals surface area contributed by atoms with E-state index in [0.29, 0.717) is 5.15 Å². The van der Waals surface area contributed by atoms with Crippen LogP contribution in [0, 0.1) is 6.92 Å². The highest BCUT2D eigenvalue weighted by Gasteiger charge is 2.08. The van der Waals surface area contributed by atoms with Crippen LogP contribution in [-0.4, -0.2) is 9.97 Å². The molecule has 0 amide bonds. The van der Waals surface area contributed by atoms with Gasteiger partial charge in [0, 0.05) is 12.1 Å². The monoisotopic (exact) mass is 275 g/mol. The molecule has 0 saturated carbocycles. The van der Waals surface area contributed by atoms with Crippen LogP contribution in [0.25, 0.3) is 0 Å². The first kappa shape index (κ1) is 13.8. The Morgan fingerprint density at radius 3 is 2.58 bits per heavy atom. The lowest BCUT2D eigenvalue weighted by atomic mass is 10.1. The van der Waals surface area contributed by atoms with E-state index in [4.69, 9.17) is 11.6 Å². The molecule has 2 aromatic rings. The van der Waals surface area contributed by atoms with Crippen molar-refractivity contribution in [2.24, 2.45) is 0 Å². The molecule has 0 radical (unpaired) electrons. The topological polar surface area (TPSA) is 37.8 Å². The Balaban J connectivity index is 2.10. The van der Waals surface area contributed by atoms with Crippen molar-refractivity contribution in [1.29, 1.82) is 0 Å². The van der Waals surface area contributed by atoms with Gasteiger partial charge in [0.15, 0.2) is 0 Å². The quantitative estimate of drug-likeness (QED) is 0.838. The van der Waals surface area contributed by atoms with Gasteiger partial charge in [-0.3, -0.25) is 0 Å². The van der Waals surface area contributed by atoms with Crippen LogP contribution in [-0.2, 0) is 13.0 Å². The largest absolute Gasteiger partial charge is 0.366 e. The Hall–Kier alpha value is -1.61. The standard InChI is InChI=1S/C15H18ClN3/c1-3-4-13-14(16)18-10-19-15(13)17-9-12-7-5-11(2)6-8-12/h5-8,10H,3-4,9H2,1-2H3,(H,17,18,19). The van der Waals surface area contributed by atoms with Gasteiger partial charge in [-0.1, -0.05) is 54.8 Å². The summed E-state index contributed by atoms with van der Waals surface area (Å²) in [4.78, 5) is 8.32. The Labute approximate surface area is 119 Å². The minimum Gasteiger partial charge on any atom is -0.366 e. The van der Waals surface area contributed by atoms with E-state index in [0.717, 1.165) is 30.8 Å². The van der Waals surface area contributed by atoms with E-state index in [1.807, 2.05) is 0 Å². The lowest BCUT2D eigenvalue weighted by molar-refractivity contribution is 0.897. The number of anilines is 1. The van der Waals surface area contributed by atoms with Crippen LogP contribution in [0.1, 0.15) is 30.0 Å². The summed E-state index contributed by atoms with van der Waals surface area (Å²) in [6.07, 6.45) is 3.40. The highest BCUT2D eigenvalue weighted by molar-refractivity contribution is 6.30. The molecule has 1 aromatic heterocycles. The van der Waals surface area contributed by atoms with E-state index in [1.54, 1.807) is 0 Å². The number of aromatic nitrogens is 2. The number of hydrogen-bond donors (Lipinski definition) is 1. The first-order chi connectivity index (χ1) is 9.20. The molecule has 100 valence electrons. The van der Waals surface area contributed by atoms with Gasteiger partial charge in [0.1, 0.15) is 17.3 Å². The van der Waals surface area contributed by atoms with E-state index in [-0.39, 0.29) is 0 Å². The molecule has 1 N–H and O–H groups in total. The minimum atomic E-state index is 0.545. The second-order valence-electron chi connectivity index (χ2n) is 4.58.